The molecule has 88 valence electrons. The van der Waals surface area contributed by atoms with Crippen LogP contribution in [0.1, 0.15) is 9.67 Å². The van der Waals surface area contributed by atoms with Crippen molar-refractivity contribution < 1.29 is 9.90 Å². The van der Waals surface area contributed by atoms with Crippen molar-refractivity contribution in [1.29, 1.82) is 0 Å². The number of anilines is 1. The van der Waals surface area contributed by atoms with Crippen LogP contribution in [0, 0.1) is 0 Å². The first-order valence-electron chi connectivity index (χ1n) is 4.56. The molecule has 0 saturated carbocycles. The van der Waals surface area contributed by atoms with Gasteiger partial charge in [-0.15, -0.1) is 11.3 Å². The van der Waals surface area contributed by atoms with Crippen LogP contribution in [0.15, 0.2) is 23.6 Å². The van der Waals surface area contributed by atoms with Crippen LogP contribution in [-0.4, -0.2) is 11.1 Å². The van der Waals surface area contributed by atoms with E-state index in [1.807, 2.05) is 0 Å². The second kappa shape index (κ2) is 4.56. The molecule has 3 nitrogen and oxygen atoms in total. The summed E-state index contributed by atoms with van der Waals surface area (Å²) >= 11 is 12.8. The van der Waals surface area contributed by atoms with Crippen molar-refractivity contribution in [1.82, 2.24) is 0 Å². The van der Waals surface area contributed by atoms with Gasteiger partial charge in [-0.1, -0.05) is 29.3 Å². The number of benzene rings is 1. The lowest BCUT2D eigenvalue weighted by Crippen LogP contribution is -1.98. The van der Waals surface area contributed by atoms with Crippen molar-refractivity contribution in [2.24, 2.45) is 0 Å². The molecule has 0 aliphatic carbocycles. The van der Waals surface area contributed by atoms with Crippen molar-refractivity contribution >= 4 is 46.2 Å². The molecule has 0 aliphatic heterocycles. The fraction of sp³-hybridized carbons (Fsp3) is 0. The Morgan fingerprint density at radius 3 is 2.53 bits per heavy atom. The highest BCUT2D eigenvalue weighted by Gasteiger charge is 2.16. The zero-order chi connectivity index (χ0) is 12.6. The van der Waals surface area contributed by atoms with E-state index in [1.54, 1.807) is 23.6 Å². The third kappa shape index (κ3) is 2.24. The SMILES string of the molecule is Nc1c(-c2ccc(Cl)c(Cl)c2)csc1C(=O)O. The Morgan fingerprint density at radius 1 is 1.29 bits per heavy atom. The maximum Gasteiger partial charge on any atom is 0.348 e. The van der Waals surface area contributed by atoms with Crippen LogP contribution < -0.4 is 5.73 Å². The highest BCUT2D eigenvalue weighted by atomic mass is 35.5. The first-order valence-corrected chi connectivity index (χ1v) is 6.20. The van der Waals surface area contributed by atoms with Crippen LogP contribution in [-0.2, 0) is 0 Å². The Balaban J connectivity index is 2.53. The van der Waals surface area contributed by atoms with Gasteiger partial charge < -0.3 is 10.8 Å². The molecule has 6 heteroatoms. The summed E-state index contributed by atoms with van der Waals surface area (Å²) in [5.74, 6) is -1.03. The molecule has 1 aromatic carbocycles. The zero-order valence-corrected chi connectivity index (χ0v) is 10.7. The normalized spacial score (nSPS) is 10.5. The van der Waals surface area contributed by atoms with Gasteiger partial charge >= 0.3 is 5.97 Å². The minimum atomic E-state index is -1.03. The van der Waals surface area contributed by atoms with Crippen LogP contribution in [0.4, 0.5) is 5.69 Å². The van der Waals surface area contributed by atoms with Crippen LogP contribution >= 0.6 is 34.5 Å². The number of nitrogens with two attached hydrogens (primary N) is 1. The van der Waals surface area contributed by atoms with Crippen LogP contribution in [0.3, 0.4) is 0 Å². The van der Waals surface area contributed by atoms with E-state index in [0.29, 0.717) is 15.6 Å². The lowest BCUT2D eigenvalue weighted by atomic mass is 10.1. The van der Waals surface area contributed by atoms with E-state index in [0.717, 1.165) is 16.9 Å². The molecule has 3 N–H and O–H groups in total. The largest absolute Gasteiger partial charge is 0.477 e. The third-order valence-electron chi connectivity index (χ3n) is 2.25. The number of aromatic carboxylic acids is 1. The summed E-state index contributed by atoms with van der Waals surface area (Å²) in [6, 6.07) is 5.06. The van der Waals surface area contributed by atoms with E-state index in [-0.39, 0.29) is 10.6 Å². The predicted octanol–water partition coefficient (Wildman–Crippen LogP) is 4.00. The van der Waals surface area contributed by atoms with Gasteiger partial charge in [-0.3, -0.25) is 0 Å². The lowest BCUT2D eigenvalue weighted by Gasteiger charge is -2.03. The molecular weight excluding hydrogens is 281 g/mol. The smallest absolute Gasteiger partial charge is 0.348 e. The molecule has 0 fully saturated rings. The fourth-order valence-electron chi connectivity index (χ4n) is 1.42. The van der Waals surface area contributed by atoms with Gasteiger partial charge in [0.05, 0.1) is 15.7 Å². The average molecular weight is 288 g/mol. The summed E-state index contributed by atoms with van der Waals surface area (Å²) in [7, 11) is 0. The van der Waals surface area contributed by atoms with E-state index in [2.05, 4.69) is 0 Å². The van der Waals surface area contributed by atoms with Crippen molar-refractivity contribution in [2.45, 2.75) is 0 Å². The molecule has 2 rings (SSSR count). The Kier molecular flexibility index (Phi) is 3.28. The van der Waals surface area contributed by atoms with Gasteiger partial charge in [-0.25, -0.2) is 4.79 Å². The molecule has 2 aromatic rings. The van der Waals surface area contributed by atoms with Gasteiger partial charge in [0.25, 0.3) is 0 Å². The number of carbonyl (C=O) groups is 1. The van der Waals surface area contributed by atoms with Gasteiger partial charge in [0.15, 0.2) is 0 Å². The van der Waals surface area contributed by atoms with Crippen molar-refractivity contribution in [2.75, 3.05) is 5.73 Å². The number of hydrogen-bond donors (Lipinski definition) is 2. The first-order chi connectivity index (χ1) is 8.00. The minimum absolute atomic E-state index is 0.131. The van der Waals surface area contributed by atoms with Gasteiger partial charge in [0.2, 0.25) is 0 Å². The number of carboxylic acid groups (broad SMARTS) is 1. The highest BCUT2D eigenvalue weighted by molar-refractivity contribution is 7.13. The maximum atomic E-state index is 10.9. The van der Waals surface area contributed by atoms with E-state index in [9.17, 15) is 4.79 Å². The Morgan fingerprint density at radius 2 is 2.00 bits per heavy atom. The van der Waals surface area contributed by atoms with Gasteiger partial charge in [-0.05, 0) is 17.7 Å². The van der Waals surface area contributed by atoms with Gasteiger partial charge in [0, 0.05) is 10.9 Å². The van der Waals surface area contributed by atoms with Crippen LogP contribution in [0.25, 0.3) is 11.1 Å². The van der Waals surface area contributed by atoms with E-state index in [1.165, 1.54) is 0 Å². The molecule has 0 saturated heterocycles. The molecule has 0 amide bonds. The van der Waals surface area contributed by atoms with Crippen molar-refractivity contribution in [3.8, 4) is 11.1 Å². The molecule has 17 heavy (non-hydrogen) atoms. The highest BCUT2D eigenvalue weighted by Crippen LogP contribution is 2.36. The van der Waals surface area contributed by atoms with Crippen molar-refractivity contribution in [3.63, 3.8) is 0 Å². The fourth-order valence-corrected chi connectivity index (χ4v) is 2.55. The van der Waals surface area contributed by atoms with Gasteiger partial charge in [-0.2, -0.15) is 0 Å². The second-order valence-electron chi connectivity index (χ2n) is 3.33. The Bertz CT molecular complexity index is 595. The summed E-state index contributed by atoms with van der Waals surface area (Å²) < 4.78 is 0. The number of nitrogen functional groups attached to an aromatic ring is 1. The third-order valence-corrected chi connectivity index (χ3v) is 3.98. The lowest BCUT2D eigenvalue weighted by molar-refractivity contribution is 0.0703. The topological polar surface area (TPSA) is 63.3 Å². The van der Waals surface area contributed by atoms with Crippen LogP contribution in [0.5, 0.6) is 0 Å². The Labute approximate surface area is 111 Å². The summed E-state index contributed by atoms with van der Waals surface area (Å²) in [6.07, 6.45) is 0. The first kappa shape index (κ1) is 12.2. The quantitative estimate of drug-likeness (QED) is 0.877. The molecule has 1 heterocycles. The van der Waals surface area contributed by atoms with E-state index >= 15 is 0 Å². The zero-order valence-electron chi connectivity index (χ0n) is 8.41. The van der Waals surface area contributed by atoms with E-state index < -0.39 is 5.97 Å². The molecule has 1 aromatic heterocycles. The number of carboxylic acids is 1. The van der Waals surface area contributed by atoms with Crippen LogP contribution in [0.2, 0.25) is 10.0 Å². The van der Waals surface area contributed by atoms with Crippen molar-refractivity contribution in [3.05, 3.63) is 38.5 Å². The number of thiophene rings is 1. The molecule has 0 aliphatic rings. The maximum absolute atomic E-state index is 10.9. The molecular formula is C11H7Cl2NO2S. The Hall–Kier alpha value is -1.23. The molecule has 0 spiro atoms. The van der Waals surface area contributed by atoms with Gasteiger partial charge in [0.1, 0.15) is 4.88 Å². The number of halogens is 2. The summed E-state index contributed by atoms with van der Waals surface area (Å²) in [5.41, 5.74) is 7.44. The minimum Gasteiger partial charge on any atom is -0.477 e. The predicted molar refractivity (Wildman–Crippen MR) is 71.1 cm³/mol. The number of rotatable bonds is 2. The molecule has 0 bridgehead atoms. The summed E-state index contributed by atoms with van der Waals surface area (Å²) in [6.45, 7) is 0. The summed E-state index contributed by atoms with van der Waals surface area (Å²) in [4.78, 5) is 11.0. The molecule has 0 atom stereocenters. The standard InChI is InChI=1S/C11H7Cl2NO2S/c12-7-2-1-5(3-8(7)13)6-4-17-10(9(6)14)11(15)16/h1-4H,14H2,(H,15,16). The monoisotopic (exact) mass is 287 g/mol. The number of hydrogen-bond acceptors (Lipinski definition) is 3. The second-order valence-corrected chi connectivity index (χ2v) is 5.02. The summed E-state index contributed by atoms with van der Waals surface area (Å²) in [5, 5.41) is 11.5. The molecule has 0 unspecified atom stereocenters. The molecule has 0 radical (unpaired) electrons. The van der Waals surface area contributed by atoms with E-state index in [4.69, 9.17) is 34.0 Å². The average Bonchev–Trinajstić information content (AvgIpc) is 2.64.